The summed E-state index contributed by atoms with van der Waals surface area (Å²) in [6.07, 6.45) is 4.08. The summed E-state index contributed by atoms with van der Waals surface area (Å²) in [5.74, 6) is 0. The molecule has 0 aliphatic heterocycles. The van der Waals surface area contributed by atoms with Crippen LogP contribution in [-0.2, 0) is 6.54 Å². The molecule has 1 aromatic carbocycles. The summed E-state index contributed by atoms with van der Waals surface area (Å²) in [6, 6.07) is 8.42. The largest absolute Gasteiger partial charge is 0.389 e. The van der Waals surface area contributed by atoms with Crippen LogP contribution in [0, 0.1) is 12.3 Å². The fraction of sp³-hybridized carbons (Fsp3) is 0.647. The summed E-state index contributed by atoms with van der Waals surface area (Å²) in [5.41, 5.74) is 2.54. The number of benzene rings is 1. The fourth-order valence-electron chi connectivity index (χ4n) is 2.81. The van der Waals surface area contributed by atoms with E-state index in [0.717, 1.165) is 32.2 Å². The first-order chi connectivity index (χ1) is 8.90. The van der Waals surface area contributed by atoms with Crippen molar-refractivity contribution >= 4 is 0 Å². The normalized spacial score (nSPS) is 21.3. The summed E-state index contributed by atoms with van der Waals surface area (Å²) in [5, 5.41) is 14.0. The molecule has 2 N–H and O–H groups in total. The molecule has 2 nitrogen and oxygen atoms in total. The van der Waals surface area contributed by atoms with Gasteiger partial charge in [-0.25, -0.2) is 0 Å². The lowest BCUT2D eigenvalue weighted by Gasteiger charge is -2.40. The first-order valence-electron chi connectivity index (χ1n) is 7.38. The summed E-state index contributed by atoms with van der Waals surface area (Å²) in [4.78, 5) is 0. The average molecular weight is 261 g/mol. The fourth-order valence-corrected chi connectivity index (χ4v) is 2.81. The van der Waals surface area contributed by atoms with E-state index in [1.807, 2.05) is 0 Å². The van der Waals surface area contributed by atoms with Gasteiger partial charge in [0, 0.05) is 13.1 Å². The van der Waals surface area contributed by atoms with Crippen LogP contribution in [0.3, 0.4) is 0 Å². The van der Waals surface area contributed by atoms with Gasteiger partial charge in [0.25, 0.3) is 0 Å². The molecular formula is C17H27NO. The SMILES string of the molecule is Cc1ccccc1CNCC1(O)CCC(C)(C)CC1. The van der Waals surface area contributed by atoms with Gasteiger partial charge in [-0.2, -0.15) is 0 Å². The second-order valence-electron chi connectivity index (χ2n) is 6.92. The monoisotopic (exact) mass is 261 g/mol. The maximum absolute atomic E-state index is 10.6. The third-order valence-electron chi connectivity index (χ3n) is 4.57. The van der Waals surface area contributed by atoms with Crippen LogP contribution in [0.15, 0.2) is 24.3 Å². The van der Waals surface area contributed by atoms with Crippen molar-refractivity contribution in [3.63, 3.8) is 0 Å². The van der Waals surface area contributed by atoms with Crippen molar-refractivity contribution in [2.24, 2.45) is 5.41 Å². The van der Waals surface area contributed by atoms with E-state index >= 15 is 0 Å². The predicted molar refractivity (Wildman–Crippen MR) is 80.1 cm³/mol. The van der Waals surface area contributed by atoms with Crippen molar-refractivity contribution in [1.82, 2.24) is 5.32 Å². The minimum Gasteiger partial charge on any atom is -0.389 e. The number of aliphatic hydroxyl groups is 1. The molecule has 0 amide bonds. The highest BCUT2D eigenvalue weighted by molar-refractivity contribution is 5.25. The third kappa shape index (κ3) is 4.05. The molecule has 0 atom stereocenters. The molecule has 1 saturated carbocycles. The van der Waals surface area contributed by atoms with E-state index in [-0.39, 0.29) is 0 Å². The van der Waals surface area contributed by atoms with Gasteiger partial charge in [0.2, 0.25) is 0 Å². The first-order valence-corrected chi connectivity index (χ1v) is 7.38. The second kappa shape index (κ2) is 5.64. The number of nitrogens with one attached hydrogen (secondary N) is 1. The van der Waals surface area contributed by atoms with Gasteiger partial charge in [0.1, 0.15) is 0 Å². The summed E-state index contributed by atoms with van der Waals surface area (Å²) >= 11 is 0. The van der Waals surface area contributed by atoms with Gasteiger partial charge in [-0.1, -0.05) is 38.1 Å². The van der Waals surface area contributed by atoms with Crippen LogP contribution in [-0.4, -0.2) is 17.3 Å². The van der Waals surface area contributed by atoms with Crippen molar-refractivity contribution in [2.75, 3.05) is 6.54 Å². The molecule has 0 bridgehead atoms. The smallest absolute Gasteiger partial charge is 0.0772 e. The van der Waals surface area contributed by atoms with Gasteiger partial charge < -0.3 is 10.4 Å². The molecule has 1 fully saturated rings. The Hall–Kier alpha value is -0.860. The number of hydrogen-bond acceptors (Lipinski definition) is 2. The van der Waals surface area contributed by atoms with Crippen molar-refractivity contribution in [3.05, 3.63) is 35.4 Å². The van der Waals surface area contributed by atoms with Crippen molar-refractivity contribution < 1.29 is 5.11 Å². The lowest BCUT2D eigenvalue weighted by atomic mass is 9.71. The molecule has 1 aromatic rings. The summed E-state index contributed by atoms with van der Waals surface area (Å²) < 4.78 is 0. The Labute approximate surface area is 117 Å². The average Bonchev–Trinajstić information content (AvgIpc) is 2.36. The lowest BCUT2D eigenvalue weighted by molar-refractivity contribution is -0.0245. The Kier molecular flexibility index (Phi) is 4.32. The molecule has 1 aliphatic carbocycles. The summed E-state index contributed by atoms with van der Waals surface area (Å²) in [7, 11) is 0. The highest BCUT2D eigenvalue weighted by Crippen LogP contribution is 2.39. The number of aryl methyl sites for hydroxylation is 1. The number of rotatable bonds is 4. The minimum atomic E-state index is -0.502. The van der Waals surface area contributed by atoms with Gasteiger partial charge in [-0.3, -0.25) is 0 Å². The zero-order chi connectivity index (χ0) is 13.9. The zero-order valence-corrected chi connectivity index (χ0v) is 12.5. The number of hydrogen-bond donors (Lipinski definition) is 2. The molecular weight excluding hydrogens is 234 g/mol. The minimum absolute atomic E-state index is 0.405. The Morgan fingerprint density at radius 2 is 1.74 bits per heavy atom. The van der Waals surface area contributed by atoms with E-state index in [1.54, 1.807) is 0 Å². The van der Waals surface area contributed by atoms with Gasteiger partial charge in [-0.15, -0.1) is 0 Å². The molecule has 0 unspecified atom stereocenters. The Morgan fingerprint density at radius 3 is 2.37 bits per heavy atom. The molecule has 106 valence electrons. The summed E-state index contributed by atoms with van der Waals surface area (Å²) in [6.45, 7) is 8.28. The molecule has 0 spiro atoms. The molecule has 2 rings (SSSR count). The third-order valence-corrected chi connectivity index (χ3v) is 4.57. The highest BCUT2D eigenvalue weighted by Gasteiger charge is 2.36. The van der Waals surface area contributed by atoms with Crippen LogP contribution >= 0.6 is 0 Å². The van der Waals surface area contributed by atoms with Crippen LogP contribution in [0.25, 0.3) is 0 Å². The van der Waals surface area contributed by atoms with E-state index < -0.39 is 5.60 Å². The standard InChI is InChI=1S/C17H27NO/c1-14-6-4-5-7-15(14)12-18-13-17(19)10-8-16(2,3)9-11-17/h4-7,18-19H,8-13H2,1-3H3. The van der Waals surface area contributed by atoms with Crippen molar-refractivity contribution in [1.29, 1.82) is 0 Å². The molecule has 0 saturated heterocycles. The van der Waals surface area contributed by atoms with Crippen LogP contribution in [0.5, 0.6) is 0 Å². The second-order valence-corrected chi connectivity index (χ2v) is 6.92. The molecule has 1 aliphatic rings. The topological polar surface area (TPSA) is 32.3 Å². The quantitative estimate of drug-likeness (QED) is 0.870. The molecule has 0 heterocycles. The highest BCUT2D eigenvalue weighted by atomic mass is 16.3. The molecule has 0 radical (unpaired) electrons. The Balaban J connectivity index is 1.81. The van der Waals surface area contributed by atoms with E-state index in [9.17, 15) is 5.11 Å². The van der Waals surface area contributed by atoms with Gasteiger partial charge in [0.05, 0.1) is 5.60 Å². The van der Waals surface area contributed by atoms with Crippen LogP contribution < -0.4 is 5.32 Å². The van der Waals surface area contributed by atoms with Gasteiger partial charge >= 0.3 is 0 Å². The maximum atomic E-state index is 10.6. The Morgan fingerprint density at radius 1 is 1.11 bits per heavy atom. The van der Waals surface area contributed by atoms with Crippen LogP contribution in [0.2, 0.25) is 0 Å². The van der Waals surface area contributed by atoms with E-state index in [0.29, 0.717) is 12.0 Å². The van der Waals surface area contributed by atoms with Crippen LogP contribution in [0.1, 0.15) is 50.7 Å². The lowest BCUT2D eigenvalue weighted by Crippen LogP contribution is -2.44. The van der Waals surface area contributed by atoms with Crippen molar-refractivity contribution in [3.8, 4) is 0 Å². The molecule has 2 heteroatoms. The molecule has 19 heavy (non-hydrogen) atoms. The van der Waals surface area contributed by atoms with Crippen molar-refractivity contribution in [2.45, 2.75) is 58.6 Å². The van der Waals surface area contributed by atoms with Gasteiger partial charge in [0.15, 0.2) is 0 Å². The van der Waals surface area contributed by atoms with E-state index in [1.165, 1.54) is 11.1 Å². The van der Waals surface area contributed by atoms with Gasteiger partial charge in [-0.05, 0) is 49.1 Å². The Bertz CT molecular complexity index is 415. The predicted octanol–water partition coefficient (Wildman–Crippen LogP) is 3.42. The van der Waals surface area contributed by atoms with Crippen LogP contribution in [0.4, 0.5) is 0 Å². The van der Waals surface area contributed by atoms with E-state index in [2.05, 4.69) is 50.4 Å². The maximum Gasteiger partial charge on any atom is 0.0772 e. The zero-order valence-electron chi connectivity index (χ0n) is 12.5. The van der Waals surface area contributed by atoms with E-state index in [4.69, 9.17) is 0 Å². The molecule has 0 aromatic heterocycles. The first kappa shape index (κ1) is 14.5.